The predicted octanol–water partition coefficient (Wildman–Crippen LogP) is 10.8. The Kier molecular flexibility index (Phi) is 18.2. The van der Waals surface area contributed by atoms with Crippen molar-refractivity contribution in [1.29, 1.82) is 0 Å². The van der Waals surface area contributed by atoms with Gasteiger partial charge in [0.2, 0.25) is 0 Å². The number of benzene rings is 2. The molecule has 2 aromatic rings. The first-order valence-electron chi connectivity index (χ1n) is 15.8. The van der Waals surface area contributed by atoms with Gasteiger partial charge in [0.1, 0.15) is 11.5 Å². The Morgan fingerprint density at radius 2 is 1.05 bits per heavy atom. The van der Waals surface area contributed by atoms with E-state index < -0.39 is 0 Å². The third-order valence-electron chi connectivity index (χ3n) is 7.52. The van der Waals surface area contributed by atoms with Crippen molar-refractivity contribution in [3.8, 4) is 11.5 Å². The first-order chi connectivity index (χ1) is 18.7. The summed E-state index contributed by atoms with van der Waals surface area (Å²) in [5, 5.41) is 10.3. The van der Waals surface area contributed by atoms with E-state index in [1.165, 1.54) is 122 Å². The van der Waals surface area contributed by atoms with Gasteiger partial charge < -0.3 is 9.84 Å². The first kappa shape index (κ1) is 31.9. The van der Waals surface area contributed by atoms with Gasteiger partial charge in [0.25, 0.3) is 0 Å². The van der Waals surface area contributed by atoms with Gasteiger partial charge in [0, 0.05) is 11.6 Å². The predicted molar refractivity (Wildman–Crippen MR) is 161 cm³/mol. The number of aromatic hydroxyl groups is 1. The molecular weight excluding hydrogens is 468 g/mol. The normalized spacial score (nSPS) is 11.1. The lowest BCUT2D eigenvalue weighted by atomic mass is 10.0. The number of ether oxygens (including phenoxy) is 1. The third-order valence-corrected chi connectivity index (χ3v) is 7.52. The zero-order chi connectivity index (χ0) is 27.1. The van der Waals surface area contributed by atoms with Crippen LogP contribution in [0.5, 0.6) is 11.5 Å². The molecule has 0 aliphatic rings. The number of rotatable bonds is 24. The van der Waals surface area contributed by atoms with Gasteiger partial charge in [-0.05, 0) is 18.6 Å². The van der Waals surface area contributed by atoms with Crippen LogP contribution in [0.15, 0.2) is 48.5 Å². The third kappa shape index (κ3) is 14.6. The molecule has 0 aliphatic carbocycles. The highest BCUT2D eigenvalue weighted by Crippen LogP contribution is 2.26. The quantitative estimate of drug-likeness (QED) is 0.110. The fourth-order valence-electron chi connectivity index (χ4n) is 5.09. The lowest BCUT2D eigenvalue weighted by molar-refractivity contribution is 0.103. The van der Waals surface area contributed by atoms with Gasteiger partial charge in [-0.3, -0.25) is 4.79 Å². The summed E-state index contributed by atoms with van der Waals surface area (Å²) < 4.78 is 5.79. The van der Waals surface area contributed by atoms with Crippen LogP contribution < -0.4 is 4.74 Å². The van der Waals surface area contributed by atoms with Crippen LogP contribution in [0.3, 0.4) is 0 Å². The summed E-state index contributed by atoms with van der Waals surface area (Å²) in [6.45, 7) is 2.93. The molecule has 0 saturated heterocycles. The molecule has 0 saturated carbocycles. The monoisotopic (exact) mass is 522 g/mol. The number of hydrogen-bond donors (Lipinski definition) is 1. The van der Waals surface area contributed by atoms with Crippen LogP contribution in [0.1, 0.15) is 151 Å². The van der Waals surface area contributed by atoms with Gasteiger partial charge in [-0.2, -0.15) is 0 Å². The highest BCUT2D eigenvalue weighted by molar-refractivity contribution is 6.10. The molecule has 38 heavy (non-hydrogen) atoms. The molecular formula is C35H54O3. The maximum absolute atomic E-state index is 12.5. The minimum atomic E-state index is -0.177. The summed E-state index contributed by atoms with van der Waals surface area (Å²) in [6, 6.07) is 14.0. The van der Waals surface area contributed by atoms with E-state index in [1.807, 2.05) is 18.2 Å². The van der Waals surface area contributed by atoms with Crippen molar-refractivity contribution in [2.45, 2.75) is 135 Å². The highest BCUT2D eigenvalue weighted by Gasteiger charge is 2.14. The van der Waals surface area contributed by atoms with Crippen molar-refractivity contribution >= 4 is 5.78 Å². The van der Waals surface area contributed by atoms with Gasteiger partial charge in [0.05, 0.1) is 12.2 Å². The van der Waals surface area contributed by atoms with Crippen molar-refractivity contribution in [3.05, 3.63) is 59.7 Å². The maximum atomic E-state index is 12.5. The molecule has 0 heterocycles. The van der Waals surface area contributed by atoms with Crippen LogP contribution in [-0.2, 0) is 0 Å². The summed E-state index contributed by atoms with van der Waals surface area (Å²) in [5.41, 5.74) is 0.878. The van der Waals surface area contributed by atoms with E-state index in [0.29, 0.717) is 23.5 Å². The Morgan fingerprint density at radius 3 is 1.50 bits per heavy atom. The molecule has 212 valence electrons. The van der Waals surface area contributed by atoms with E-state index in [9.17, 15) is 9.90 Å². The van der Waals surface area contributed by atoms with Gasteiger partial charge in [-0.25, -0.2) is 0 Å². The largest absolute Gasteiger partial charge is 0.507 e. The second kappa shape index (κ2) is 21.6. The number of phenols is 1. The minimum Gasteiger partial charge on any atom is -0.507 e. The van der Waals surface area contributed by atoms with E-state index in [2.05, 4.69) is 6.92 Å². The number of carbonyl (C=O) groups excluding carboxylic acids is 1. The van der Waals surface area contributed by atoms with Crippen LogP contribution in [0, 0.1) is 0 Å². The molecule has 0 fully saturated rings. The number of unbranched alkanes of at least 4 members (excludes halogenated alkanes) is 19. The fourth-order valence-corrected chi connectivity index (χ4v) is 5.09. The summed E-state index contributed by atoms with van der Waals surface area (Å²) in [6.07, 6.45) is 27.5. The van der Waals surface area contributed by atoms with Crippen LogP contribution in [0.2, 0.25) is 0 Å². The minimum absolute atomic E-state index is 0.0279. The fraction of sp³-hybridized carbons (Fsp3) is 0.629. The Labute approximate surface area is 233 Å². The van der Waals surface area contributed by atoms with Crippen molar-refractivity contribution < 1.29 is 14.6 Å². The molecule has 1 N–H and O–H groups in total. The molecule has 0 atom stereocenters. The zero-order valence-corrected chi connectivity index (χ0v) is 24.2. The molecule has 0 bridgehead atoms. The summed E-state index contributed by atoms with van der Waals surface area (Å²) in [5.74, 6) is 0.411. The van der Waals surface area contributed by atoms with Gasteiger partial charge in [-0.1, -0.05) is 159 Å². The molecule has 3 nitrogen and oxygen atoms in total. The molecule has 3 heteroatoms. The van der Waals surface area contributed by atoms with Gasteiger partial charge in [0.15, 0.2) is 5.78 Å². The molecule has 0 aromatic heterocycles. The average molecular weight is 523 g/mol. The summed E-state index contributed by atoms with van der Waals surface area (Å²) in [4.78, 5) is 12.5. The van der Waals surface area contributed by atoms with Crippen molar-refractivity contribution in [1.82, 2.24) is 0 Å². The maximum Gasteiger partial charge on any atom is 0.196 e. The van der Waals surface area contributed by atoms with Crippen LogP contribution in [0.4, 0.5) is 0 Å². The number of carbonyl (C=O) groups is 1. The Balaban J connectivity index is 1.36. The average Bonchev–Trinajstić information content (AvgIpc) is 2.94. The highest BCUT2D eigenvalue weighted by atomic mass is 16.5. The first-order valence-corrected chi connectivity index (χ1v) is 15.8. The summed E-state index contributed by atoms with van der Waals surface area (Å²) >= 11 is 0. The van der Waals surface area contributed by atoms with Gasteiger partial charge in [-0.15, -0.1) is 0 Å². The second-order valence-electron chi connectivity index (χ2n) is 10.9. The SMILES string of the molecule is CCCCCCCCCCCCCCCCCCCCCCOc1ccc(C(=O)c2ccccc2)c(O)c1. The number of hydrogen-bond acceptors (Lipinski definition) is 3. The molecule has 0 radical (unpaired) electrons. The number of phenolic OH excluding ortho intramolecular Hbond substituents is 1. The topological polar surface area (TPSA) is 46.5 Å². The Bertz CT molecular complexity index is 846. The van der Waals surface area contributed by atoms with Crippen molar-refractivity contribution in [2.75, 3.05) is 6.61 Å². The number of ketones is 1. The van der Waals surface area contributed by atoms with E-state index in [4.69, 9.17) is 4.74 Å². The molecule has 0 amide bonds. The van der Waals surface area contributed by atoms with E-state index in [0.717, 1.165) is 6.42 Å². The second-order valence-corrected chi connectivity index (χ2v) is 10.9. The standard InChI is InChI=1S/C35H54O3/c1-2-3-4-5-6-7-8-9-10-11-12-13-14-15-16-17-18-19-20-24-29-38-32-27-28-33(34(36)30-32)35(37)31-25-22-21-23-26-31/h21-23,25-28,30,36H,2-20,24,29H2,1H3. The van der Waals surface area contributed by atoms with Crippen molar-refractivity contribution in [2.24, 2.45) is 0 Å². The van der Waals surface area contributed by atoms with Crippen LogP contribution in [-0.4, -0.2) is 17.5 Å². The molecule has 0 spiro atoms. The summed E-state index contributed by atoms with van der Waals surface area (Å²) in [7, 11) is 0. The molecule has 0 unspecified atom stereocenters. The van der Waals surface area contributed by atoms with E-state index in [1.54, 1.807) is 30.3 Å². The molecule has 2 rings (SSSR count). The molecule has 0 aliphatic heterocycles. The van der Waals surface area contributed by atoms with E-state index >= 15 is 0 Å². The lowest BCUT2D eigenvalue weighted by Gasteiger charge is -2.09. The zero-order valence-electron chi connectivity index (χ0n) is 24.2. The Hall–Kier alpha value is -2.29. The van der Waals surface area contributed by atoms with Gasteiger partial charge >= 0.3 is 0 Å². The molecule has 2 aromatic carbocycles. The smallest absolute Gasteiger partial charge is 0.196 e. The van der Waals surface area contributed by atoms with Crippen LogP contribution in [0.25, 0.3) is 0 Å². The van der Waals surface area contributed by atoms with Crippen molar-refractivity contribution in [3.63, 3.8) is 0 Å². The van der Waals surface area contributed by atoms with E-state index in [-0.39, 0.29) is 11.5 Å². The van der Waals surface area contributed by atoms with Crippen LogP contribution >= 0.6 is 0 Å². The lowest BCUT2D eigenvalue weighted by Crippen LogP contribution is -2.02. The Morgan fingerprint density at radius 1 is 0.605 bits per heavy atom.